The quantitative estimate of drug-likeness (QED) is 0.847. The molecule has 0 amide bonds. The van der Waals surface area contributed by atoms with Crippen molar-refractivity contribution in [3.8, 4) is 11.4 Å². The normalized spacial score (nSPS) is 17.1. The SMILES string of the molecule is Cn1nnnc1-c1ccc(C2(CN)CC2)cc1. The summed E-state index contributed by atoms with van der Waals surface area (Å²) in [6, 6.07) is 8.42. The topological polar surface area (TPSA) is 69.6 Å². The van der Waals surface area contributed by atoms with Crippen molar-refractivity contribution in [2.45, 2.75) is 18.3 Å². The van der Waals surface area contributed by atoms with E-state index in [0.717, 1.165) is 17.9 Å². The largest absolute Gasteiger partial charge is 0.330 e. The Morgan fingerprint density at radius 2 is 2.00 bits per heavy atom. The molecule has 1 heterocycles. The average Bonchev–Trinajstić information content (AvgIpc) is 3.06. The molecule has 0 radical (unpaired) electrons. The smallest absolute Gasteiger partial charge is 0.181 e. The van der Waals surface area contributed by atoms with E-state index < -0.39 is 0 Å². The highest BCUT2D eigenvalue weighted by molar-refractivity contribution is 5.55. The summed E-state index contributed by atoms with van der Waals surface area (Å²) in [6.45, 7) is 0.734. The summed E-state index contributed by atoms with van der Waals surface area (Å²) in [5.74, 6) is 0.786. The molecule has 17 heavy (non-hydrogen) atoms. The number of hydrogen-bond acceptors (Lipinski definition) is 4. The summed E-state index contributed by atoms with van der Waals surface area (Å²) in [6.07, 6.45) is 2.41. The van der Waals surface area contributed by atoms with Gasteiger partial charge in [0.15, 0.2) is 5.82 Å². The molecule has 0 spiro atoms. The first kappa shape index (κ1) is 10.4. The fourth-order valence-electron chi connectivity index (χ4n) is 2.21. The zero-order valence-corrected chi connectivity index (χ0v) is 9.80. The summed E-state index contributed by atoms with van der Waals surface area (Å²) in [7, 11) is 1.84. The van der Waals surface area contributed by atoms with Gasteiger partial charge < -0.3 is 5.73 Å². The first-order valence-corrected chi connectivity index (χ1v) is 5.78. The maximum Gasteiger partial charge on any atom is 0.181 e. The second-order valence-electron chi connectivity index (χ2n) is 4.69. The predicted octanol–water partition coefficient (Wildman–Crippen LogP) is 0.867. The molecule has 1 aliphatic rings. The monoisotopic (exact) mass is 229 g/mol. The van der Waals surface area contributed by atoms with Gasteiger partial charge in [0.2, 0.25) is 0 Å². The van der Waals surface area contributed by atoms with Gasteiger partial charge in [-0.2, -0.15) is 0 Å². The molecular formula is C12H15N5. The predicted molar refractivity (Wildman–Crippen MR) is 64.2 cm³/mol. The molecule has 88 valence electrons. The molecule has 1 fully saturated rings. The van der Waals surface area contributed by atoms with E-state index in [-0.39, 0.29) is 5.41 Å². The second-order valence-corrected chi connectivity index (χ2v) is 4.69. The van der Waals surface area contributed by atoms with Gasteiger partial charge in [-0.05, 0) is 28.8 Å². The lowest BCUT2D eigenvalue weighted by Crippen LogP contribution is -2.19. The highest BCUT2D eigenvalue weighted by Crippen LogP contribution is 2.47. The van der Waals surface area contributed by atoms with Crippen LogP contribution in [-0.2, 0) is 12.5 Å². The van der Waals surface area contributed by atoms with E-state index in [0.29, 0.717) is 0 Å². The number of tetrazole rings is 1. The molecular weight excluding hydrogens is 214 g/mol. The lowest BCUT2D eigenvalue weighted by Gasteiger charge is -2.12. The minimum Gasteiger partial charge on any atom is -0.330 e. The van der Waals surface area contributed by atoms with Crippen LogP contribution in [0.1, 0.15) is 18.4 Å². The van der Waals surface area contributed by atoms with Crippen LogP contribution in [0, 0.1) is 0 Å². The minimum atomic E-state index is 0.247. The summed E-state index contributed by atoms with van der Waals surface area (Å²) in [4.78, 5) is 0. The third kappa shape index (κ3) is 1.63. The molecule has 0 saturated heterocycles. The number of rotatable bonds is 3. The van der Waals surface area contributed by atoms with E-state index in [1.165, 1.54) is 18.4 Å². The first-order valence-electron chi connectivity index (χ1n) is 5.78. The van der Waals surface area contributed by atoms with Crippen LogP contribution in [0.3, 0.4) is 0 Å². The van der Waals surface area contributed by atoms with E-state index in [1.54, 1.807) is 4.68 Å². The molecule has 0 aliphatic heterocycles. The van der Waals surface area contributed by atoms with Gasteiger partial charge in [-0.1, -0.05) is 24.3 Å². The fourth-order valence-corrected chi connectivity index (χ4v) is 2.21. The van der Waals surface area contributed by atoms with Gasteiger partial charge in [0.1, 0.15) is 0 Å². The van der Waals surface area contributed by atoms with Crippen molar-refractivity contribution >= 4 is 0 Å². The van der Waals surface area contributed by atoms with Gasteiger partial charge in [-0.15, -0.1) is 5.10 Å². The van der Waals surface area contributed by atoms with Gasteiger partial charge >= 0.3 is 0 Å². The van der Waals surface area contributed by atoms with E-state index in [9.17, 15) is 0 Å². The maximum absolute atomic E-state index is 5.82. The van der Waals surface area contributed by atoms with Crippen molar-refractivity contribution in [2.24, 2.45) is 12.8 Å². The summed E-state index contributed by atoms with van der Waals surface area (Å²) < 4.78 is 1.67. The van der Waals surface area contributed by atoms with Gasteiger partial charge in [0.05, 0.1) is 0 Å². The molecule has 1 saturated carbocycles. The van der Waals surface area contributed by atoms with Crippen molar-refractivity contribution in [1.29, 1.82) is 0 Å². The van der Waals surface area contributed by atoms with E-state index in [4.69, 9.17) is 5.73 Å². The molecule has 1 aromatic carbocycles. The molecule has 0 unspecified atom stereocenters. The molecule has 2 N–H and O–H groups in total. The summed E-state index contributed by atoms with van der Waals surface area (Å²) >= 11 is 0. The number of aryl methyl sites for hydroxylation is 1. The Labute approximate surface area is 99.6 Å². The van der Waals surface area contributed by atoms with Crippen LogP contribution in [-0.4, -0.2) is 26.8 Å². The van der Waals surface area contributed by atoms with Crippen molar-refractivity contribution in [3.05, 3.63) is 29.8 Å². The number of nitrogens with zero attached hydrogens (tertiary/aromatic N) is 4. The maximum atomic E-state index is 5.82. The molecule has 2 aromatic rings. The molecule has 1 aliphatic carbocycles. The Morgan fingerprint density at radius 1 is 1.29 bits per heavy atom. The zero-order chi connectivity index (χ0) is 11.9. The highest BCUT2D eigenvalue weighted by atomic mass is 15.5. The van der Waals surface area contributed by atoms with Crippen molar-refractivity contribution in [1.82, 2.24) is 20.2 Å². The number of hydrogen-bond donors (Lipinski definition) is 1. The first-order chi connectivity index (χ1) is 8.25. The lowest BCUT2D eigenvalue weighted by atomic mass is 9.95. The van der Waals surface area contributed by atoms with Crippen LogP contribution in [0.15, 0.2) is 24.3 Å². The Bertz CT molecular complexity index is 524. The standard InChI is InChI=1S/C12H15N5/c1-17-11(14-15-16-17)9-2-4-10(5-3-9)12(8-13)6-7-12/h2-5H,6-8,13H2,1H3. The van der Waals surface area contributed by atoms with Crippen LogP contribution in [0.25, 0.3) is 11.4 Å². The Balaban J connectivity index is 1.93. The third-order valence-corrected chi connectivity index (χ3v) is 3.62. The number of benzene rings is 1. The number of aromatic nitrogens is 4. The second kappa shape index (κ2) is 3.63. The number of nitrogens with two attached hydrogens (primary N) is 1. The molecule has 1 aromatic heterocycles. The molecule has 5 heteroatoms. The van der Waals surface area contributed by atoms with Crippen molar-refractivity contribution < 1.29 is 0 Å². The third-order valence-electron chi connectivity index (χ3n) is 3.62. The Kier molecular flexibility index (Phi) is 2.22. The van der Waals surface area contributed by atoms with E-state index in [2.05, 4.69) is 39.8 Å². The molecule has 5 nitrogen and oxygen atoms in total. The minimum absolute atomic E-state index is 0.247. The molecule has 0 atom stereocenters. The van der Waals surface area contributed by atoms with Crippen LogP contribution in [0.4, 0.5) is 0 Å². The highest BCUT2D eigenvalue weighted by Gasteiger charge is 2.42. The average molecular weight is 229 g/mol. The summed E-state index contributed by atoms with van der Waals surface area (Å²) in [5.41, 5.74) is 8.44. The van der Waals surface area contributed by atoms with Crippen LogP contribution in [0.2, 0.25) is 0 Å². The van der Waals surface area contributed by atoms with Gasteiger partial charge in [0, 0.05) is 24.6 Å². The molecule has 3 rings (SSSR count). The van der Waals surface area contributed by atoms with Gasteiger partial charge in [-0.25, -0.2) is 4.68 Å². The van der Waals surface area contributed by atoms with Crippen LogP contribution in [0.5, 0.6) is 0 Å². The van der Waals surface area contributed by atoms with E-state index in [1.807, 2.05) is 7.05 Å². The van der Waals surface area contributed by atoms with Gasteiger partial charge in [-0.3, -0.25) is 0 Å². The van der Waals surface area contributed by atoms with Crippen molar-refractivity contribution in [2.75, 3.05) is 6.54 Å². The Morgan fingerprint density at radius 3 is 2.47 bits per heavy atom. The lowest BCUT2D eigenvalue weighted by molar-refractivity contribution is 0.704. The summed E-state index contributed by atoms with van der Waals surface area (Å²) in [5, 5.41) is 11.5. The van der Waals surface area contributed by atoms with Gasteiger partial charge in [0.25, 0.3) is 0 Å². The Hall–Kier alpha value is -1.75. The van der Waals surface area contributed by atoms with E-state index >= 15 is 0 Å². The zero-order valence-electron chi connectivity index (χ0n) is 9.80. The van der Waals surface area contributed by atoms with Crippen LogP contribution < -0.4 is 5.73 Å². The van der Waals surface area contributed by atoms with Crippen LogP contribution >= 0.6 is 0 Å². The molecule has 0 bridgehead atoms. The fraction of sp³-hybridized carbons (Fsp3) is 0.417. The van der Waals surface area contributed by atoms with Crippen molar-refractivity contribution in [3.63, 3.8) is 0 Å².